The van der Waals surface area contributed by atoms with Gasteiger partial charge in [-0.1, -0.05) is 0 Å². The van der Waals surface area contributed by atoms with Crippen LogP contribution in [0.3, 0.4) is 0 Å². The molecule has 0 saturated carbocycles. The molecule has 0 bridgehead atoms. The Hall–Kier alpha value is -1.90. The van der Waals surface area contributed by atoms with Crippen LogP contribution in [-0.4, -0.2) is 11.2 Å². The Bertz CT molecular complexity index is 541. The minimum Gasteiger partial charge on any atom is -0.494 e. The van der Waals surface area contributed by atoms with Gasteiger partial charge < -0.3 is 14.6 Å². The first kappa shape index (κ1) is 13.5. The average molecular weight is 258 g/mol. The van der Waals surface area contributed by atoms with E-state index < -0.39 is 0 Å². The minimum atomic E-state index is 0.704. The highest BCUT2D eigenvalue weighted by atomic mass is 16.5. The first-order chi connectivity index (χ1) is 9.11. The molecule has 0 unspecified atom stereocenters. The fourth-order valence-corrected chi connectivity index (χ4v) is 2.15. The van der Waals surface area contributed by atoms with E-state index in [0.29, 0.717) is 6.61 Å². The molecule has 1 heterocycles. The molecule has 19 heavy (non-hydrogen) atoms. The molecule has 0 aliphatic carbocycles. The monoisotopic (exact) mass is 258 g/mol. The highest BCUT2D eigenvalue weighted by Gasteiger charge is 2.05. The average Bonchev–Trinajstić information content (AvgIpc) is 2.66. The minimum absolute atomic E-state index is 0.704. The van der Waals surface area contributed by atoms with Crippen molar-refractivity contribution in [3.8, 4) is 5.75 Å². The van der Waals surface area contributed by atoms with E-state index in [9.17, 15) is 0 Å². The smallest absolute Gasteiger partial charge is 0.119 e. The van der Waals surface area contributed by atoms with E-state index in [0.717, 1.165) is 18.0 Å². The van der Waals surface area contributed by atoms with E-state index in [1.54, 1.807) is 0 Å². The summed E-state index contributed by atoms with van der Waals surface area (Å²) in [6, 6.07) is 10.3. The molecule has 1 N–H and O–H groups in total. The zero-order valence-electron chi connectivity index (χ0n) is 12.2. The topological polar surface area (TPSA) is 26.2 Å². The van der Waals surface area contributed by atoms with E-state index in [1.807, 2.05) is 19.1 Å². The number of anilines is 1. The number of nitrogens with zero attached hydrogens (tertiary/aromatic N) is 1. The van der Waals surface area contributed by atoms with E-state index in [1.165, 1.54) is 17.0 Å². The van der Waals surface area contributed by atoms with Crippen molar-refractivity contribution in [2.24, 2.45) is 7.05 Å². The number of benzene rings is 1. The molecule has 1 aromatic carbocycles. The molecule has 3 nitrogen and oxygen atoms in total. The van der Waals surface area contributed by atoms with Gasteiger partial charge in [-0.3, -0.25) is 0 Å². The van der Waals surface area contributed by atoms with Crippen LogP contribution >= 0.6 is 0 Å². The first-order valence-corrected chi connectivity index (χ1v) is 6.70. The number of hydrogen-bond donors (Lipinski definition) is 1. The van der Waals surface area contributed by atoms with Crippen molar-refractivity contribution in [1.29, 1.82) is 0 Å². The Morgan fingerprint density at radius 2 is 1.84 bits per heavy atom. The van der Waals surface area contributed by atoms with Crippen LogP contribution in [-0.2, 0) is 13.6 Å². The molecular formula is C16H22N2O. The molecule has 2 aromatic rings. The highest BCUT2D eigenvalue weighted by Crippen LogP contribution is 2.18. The summed E-state index contributed by atoms with van der Waals surface area (Å²) in [5.74, 6) is 0.916. The number of aromatic nitrogens is 1. The Labute approximate surface area is 115 Å². The van der Waals surface area contributed by atoms with Gasteiger partial charge in [-0.25, -0.2) is 0 Å². The maximum Gasteiger partial charge on any atom is 0.119 e. The lowest BCUT2D eigenvalue weighted by molar-refractivity contribution is 0.340. The summed E-state index contributed by atoms with van der Waals surface area (Å²) in [5, 5.41) is 3.44. The maximum absolute atomic E-state index is 5.43. The van der Waals surface area contributed by atoms with Gasteiger partial charge in [0.25, 0.3) is 0 Å². The summed E-state index contributed by atoms with van der Waals surface area (Å²) in [6.07, 6.45) is 0. The summed E-state index contributed by atoms with van der Waals surface area (Å²) in [5.41, 5.74) is 5.06. The number of nitrogens with one attached hydrogen (secondary N) is 1. The molecule has 0 aliphatic rings. The molecule has 3 heteroatoms. The zero-order chi connectivity index (χ0) is 13.8. The number of rotatable bonds is 5. The third kappa shape index (κ3) is 3.11. The summed E-state index contributed by atoms with van der Waals surface area (Å²) in [4.78, 5) is 0. The summed E-state index contributed by atoms with van der Waals surface area (Å²) < 4.78 is 7.65. The Kier molecular flexibility index (Phi) is 4.15. The predicted molar refractivity (Wildman–Crippen MR) is 79.8 cm³/mol. The Morgan fingerprint density at radius 3 is 2.37 bits per heavy atom. The van der Waals surface area contributed by atoms with Gasteiger partial charge in [0.05, 0.1) is 6.61 Å². The molecule has 1 aromatic heterocycles. The molecule has 0 fully saturated rings. The second-order valence-electron chi connectivity index (χ2n) is 4.77. The predicted octanol–water partition coefficient (Wildman–Crippen LogP) is 3.65. The lowest BCUT2D eigenvalue weighted by Crippen LogP contribution is -2.01. The van der Waals surface area contributed by atoms with E-state index in [-0.39, 0.29) is 0 Å². The molecule has 102 valence electrons. The van der Waals surface area contributed by atoms with Crippen molar-refractivity contribution >= 4 is 5.69 Å². The molecule has 0 atom stereocenters. The number of aryl methyl sites for hydroxylation is 1. The van der Waals surface area contributed by atoms with Crippen LogP contribution in [0.2, 0.25) is 0 Å². The van der Waals surface area contributed by atoms with Crippen molar-refractivity contribution < 1.29 is 4.74 Å². The quantitative estimate of drug-likeness (QED) is 0.886. The summed E-state index contributed by atoms with van der Waals surface area (Å²) in [7, 11) is 2.10. The van der Waals surface area contributed by atoms with Crippen molar-refractivity contribution in [2.75, 3.05) is 11.9 Å². The third-order valence-corrected chi connectivity index (χ3v) is 3.53. The molecule has 2 rings (SSSR count). The second-order valence-corrected chi connectivity index (χ2v) is 4.77. The lowest BCUT2D eigenvalue weighted by Gasteiger charge is -2.08. The van der Waals surface area contributed by atoms with Gasteiger partial charge in [0, 0.05) is 30.7 Å². The first-order valence-electron chi connectivity index (χ1n) is 6.70. The van der Waals surface area contributed by atoms with E-state index in [4.69, 9.17) is 4.74 Å². The van der Waals surface area contributed by atoms with Crippen molar-refractivity contribution in [2.45, 2.75) is 27.3 Å². The maximum atomic E-state index is 5.43. The van der Waals surface area contributed by atoms with Crippen molar-refractivity contribution in [1.82, 2.24) is 4.57 Å². The fourth-order valence-electron chi connectivity index (χ4n) is 2.15. The second kappa shape index (κ2) is 5.83. The van der Waals surface area contributed by atoms with Crippen LogP contribution in [0.15, 0.2) is 30.3 Å². The molecule has 0 spiro atoms. The molecule has 0 saturated heterocycles. The van der Waals surface area contributed by atoms with Crippen LogP contribution in [0.1, 0.15) is 23.9 Å². The standard InChI is InChI=1S/C16H22N2O/c1-5-19-16-8-6-15(7-9-16)17-11-14-10-12(2)18(4)13(14)3/h6-10,17H,5,11H2,1-4H3. The lowest BCUT2D eigenvalue weighted by atomic mass is 10.2. The van der Waals surface area contributed by atoms with Gasteiger partial charge in [0.15, 0.2) is 0 Å². The van der Waals surface area contributed by atoms with Gasteiger partial charge in [0.2, 0.25) is 0 Å². The summed E-state index contributed by atoms with van der Waals surface area (Å²) in [6.45, 7) is 7.83. The van der Waals surface area contributed by atoms with Gasteiger partial charge in [0.1, 0.15) is 5.75 Å². The summed E-state index contributed by atoms with van der Waals surface area (Å²) >= 11 is 0. The van der Waals surface area contributed by atoms with Crippen LogP contribution in [0.4, 0.5) is 5.69 Å². The third-order valence-electron chi connectivity index (χ3n) is 3.53. The van der Waals surface area contributed by atoms with Gasteiger partial charge in [-0.2, -0.15) is 0 Å². The largest absolute Gasteiger partial charge is 0.494 e. The molecule has 0 amide bonds. The van der Waals surface area contributed by atoms with Crippen LogP contribution in [0, 0.1) is 13.8 Å². The Morgan fingerprint density at radius 1 is 1.16 bits per heavy atom. The van der Waals surface area contributed by atoms with Crippen LogP contribution in [0.5, 0.6) is 5.75 Å². The van der Waals surface area contributed by atoms with Gasteiger partial charge >= 0.3 is 0 Å². The molecule has 0 aliphatic heterocycles. The molecular weight excluding hydrogens is 236 g/mol. The normalized spacial score (nSPS) is 10.5. The van der Waals surface area contributed by atoms with E-state index >= 15 is 0 Å². The van der Waals surface area contributed by atoms with Crippen LogP contribution in [0.25, 0.3) is 0 Å². The van der Waals surface area contributed by atoms with Gasteiger partial charge in [-0.15, -0.1) is 0 Å². The van der Waals surface area contributed by atoms with Crippen molar-refractivity contribution in [3.63, 3.8) is 0 Å². The van der Waals surface area contributed by atoms with E-state index in [2.05, 4.69) is 49.0 Å². The van der Waals surface area contributed by atoms with Crippen LogP contribution < -0.4 is 10.1 Å². The zero-order valence-corrected chi connectivity index (χ0v) is 12.2. The number of ether oxygens (including phenoxy) is 1. The molecule has 0 radical (unpaired) electrons. The SMILES string of the molecule is CCOc1ccc(NCc2cc(C)n(C)c2C)cc1. The van der Waals surface area contributed by atoms with Gasteiger partial charge in [-0.05, 0) is 56.7 Å². The fraction of sp³-hybridized carbons (Fsp3) is 0.375. The number of hydrogen-bond acceptors (Lipinski definition) is 2. The Balaban J connectivity index is 2.00. The van der Waals surface area contributed by atoms with Crippen molar-refractivity contribution in [3.05, 3.63) is 47.3 Å². The highest BCUT2D eigenvalue weighted by molar-refractivity contribution is 5.47.